The van der Waals surface area contributed by atoms with Crippen molar-refractivity contribution in [3.05, 3.63) is 59.4 Å². The minimum atomic E-state index is -0.393. The zero-order chi connectivity index (χ0) is 17.6. The molecule has 25 heavy (non-hydrogen) atoms. The largest absolute Gasteiger partial charge is 0.495 e. The van der Waals surface area contributed by atoms with E-state index in [1.807, 2.05) is 6.07 Å². The van der Waals surface area contributed by atoms with Crippen LogP contribution in [0.2, 0.25) is 5.02 Å². The maximum absolute atomic E-state index is 12.1. The van der Waals surface area contributed by atoms with Gasteiger partial charge in [-0.1, -0.05) is 23.7 Å². The lowest BCUT2D eigenvalue weighted by Gasteiger charge is -2.11. The topological polar surface area (TPSA) is 94.0 Å². The fraction of sp³-hybridized carbons (Fsp3) is 0.125. The third-order valence-electron chi connectivity index (χ3n) is 3.37. The third-order valence-corrected chi connectivity index (χ3v) is 3.62. The van der Waals surface area contributed by atoms with Gasteiger partial charge < -0.3 is 15.4 Å². The molecule has 0 spiro atoms. The van der Waals surface area contributed by atoms with Crippen LogP contribution in [-0.2, 0) is 6.54 Å². The number of rotatable bonds is 5. The number of aromatic nitrogens is 4. The van der Waals surface area contributed by atoms with Gasteiger partial charge in [0.25, 0.3) is 0 Å². The Bertz CT molecular complexity index is 865. The van der Waals surface area contributed by atoms with Gasteiger partial charge in [0.15, 0.2) is 5.82 Å². The molecule has 3 aromatic rings. The highest BCUT2D eigenvalue weighted by Gasteiger charge is 2.11. The summed E-state index contributed by atoms with van der Waals surface area (Å²) in [6.07, 6.45) is 0. The highest BCUT2D eigenvalue weighted by molar-refractivity contribution is 6.30. The number of methoxy groups -OCH3 is 1. The Balaban J connectivity index is 1.65. The molecule has 0 saturated carbocycles. The molecule has 0 radical (unpaired) electrons. The number of halogens is 1. The molecule has 0 aliphatic rings. The van der Waals surface area contributed by atoms with Crippen molar-refractivity contribution >= 4 is 23.3 Å². The first-order chi connectivity index (χ1) is 12.2. The highest BCUT2D eigenvalue weighted by Crippen LogP contribution is 2.22. The number of amides is 2. The summed E-state index contributed by atoms with van der Waals surface area (Å²) in [5.74, 6) is 1.06. The van der Waals surface area contributed by atoms with Crippen molar-refractivity contribution in [3.63, 3.8) is 0 Å². The molecule has 2 N–H and O–H groups in total. The van der Waals surface area contributed by atoms with Gasteiger partial charge >= 0.3 is 6.03 Å². The van der Waals surface area contributed by atoms with Crippen molar-refractivity contribution in [2.75, 3.05) is 12.4 Å². The molecule has 0 aliphatic carbocycles. The van der Waals surface area contributed by atoms with Crippen LogP contribution < -0.4 is 15.4 Å². The molecular formula is C16H15ClN6O2. The summed E-state index contributed by atoms with van der Waals surface area (Å²) in [4.78, 5) is 12.1. The van der Waals surface area contributed by atoms with Crippen molar-refractivity contribution < 1.29 is 9.53 Å². The van der Waals surface area contributed by atoms with Crippen molar-refractivity contribution in [3.8, 4) is 11.4 Å². The van der Waals surface area contributed by atoms with Crippen LogP contribution in [0.3, 0.4) is 0 Å². The Kier molecular flexibility index (Phi) is 5.10. The number of ether oxygens (including phenoxy) is 1. The van der Waals surface area contributed by atoms with Gasteiger partial charge in [0.1, 0.15) is 5.75 Å². The van der Waals surface area contributed by atoms with Crippen molar-refractivity contribution in [2.24, 2.45) is 0 Å². The van der Waals surface area contributed by atoms with Gasteiger partial charge in [0.05, 0.1) is 25.0 Å². The van der Waals surface area contributed by atoms with Crippen LogP contribution in [0, 0.1) is 0 Å². The number of hydrogen-bond acceptors (Lipinski definition) is 5. The Morgan fingerprint density at radius 3 is 2.72 bits per heavy atom. The van der Waals surface area contributed by atoms with E-state index >= 15 is 0 Å². The molecule has 0 bridgehead atoms. The van der Waals surface area contributed by atoms with Gasteiger partial charge in [0.2, 0.25) is 0 Å². The van der Waals surface area contributed by atoms with E-state index in [4.69, 9.17) is 16.3 Å². The lowest BCUT2D eigenvalue weighted by molar-refractivity contribution is 0.251. The van der Waals surface area contributed by atoms with E-state index in [-0.39, 0.29) is 6.54 Å². The number of tetrazole rings is 1. The van der Waals surface area contributed by atoms with Crippen LogP contribution >= 0.6 is 11.6 Å². The van der Waals surface area contributed by atoms with E-state index < -0.39 is 6.03 Å². The molecule has 0 aliphatic heterocycles. The number of benzene rings is 2. The van der Waals surface area contributed by atoms with Crippen LogP contribution in [0.1, 0.15) is 5.82 Å². The molecular weight excluding hydrogens is 344 g/mol. The molecule has 8 nitrogen and oxygen atoms in total. The number of nitrogens with one attached hydrogen (secondary N) is 2. The second-order valence-electron chi connectivity index (χ2n) is 4.99. The van der Waals surface area contributed by atoms with Gasteiger partial charge in [-0.25, -0.2) is 4.79 Å². The standard InChI is InChI=1S/C16H15ClN6O2/c1-25-14-5-3-2-4-13(14)19-16(24)18-10-15-20-21-22-23(15)12-8-6-11(17)7-9-12/h2-9H,10H2,1H3,(H2,18,19,24). The number of carbonyl (C=O) groups is 1. The Morgan fingerprint density at radius 1 is 1.20 bits per heavy atom. The minimum Gasteiger partial charge on any atom is -0.495 e. The van der Waals surface area contributed by atoms with Crippen LogP contribution in [0.15, 0.2) is 48.5 Å². The number of para-hydroxylation sites is 2. The van der Waals surface area contributed by atoms with Gasteiger partial charge in [-0.2, -0.15) is 4.68 Å². The fourth-order valence-corrected chi connectivity index (χ4v) is 2.30. The summed E-state index contributed by atoms with van der Waals surface area (Å²) in [5, 5.41) is 17.6. The maximum Gasteiger partial charge on any atom is 0.319 e. The second-order valence-corrected chi connectivity index (χ2v) is 5.43. The molecule has 9 heteroatoms. The van der Waals surface area contributed by atoms with E-state index in [0.29, 0.717) is 22.3 Å². The summed E-state index contributed by atoms with van der Waals surface area (Å²) in [5.41, 5.74) is 1.32. The molecule has 0 unspecified atom stereocenters. The van der Waals surface area contributed by atoms with E-state index in [1.54, 1.807) is 49.6 Å². The molecule has 3 rings (SSSR count). The zero-order valence-electron chi connectivity index (χ0n) is 13.3. The van der Waals surface area contributed by atoms with Crippen LogP contribution in [0.4, 0.5) is 10.5 Å². The first kappa shape index (κ1) is 16.7. The Morgan fingerprint density at radius 2 is 1.96 bits per heavy atom. The average Bonchev–Trinajstić information content (AvgIpc) is 3.09. The lowest BCUT2D eigenvalue weighted by Crippen LogP contribution is -2.29. The van der Waals surface area contributed by atoms with Crippen molar-refractivity contribution in [2.45, 2.75) is 6.54 Å². The Labute approximate surface area is 148 Å². The summed E-state index contributed by atoms with van der Waals surface area (Å²) in [7, 11) is 1.54. The number of anilines is 1. The third kappa shape index (κ3) is 4.04. The predicted octanol–water partition coefficient (Wildman–Crippen LogP) is 2.65. The second kappa shape index (κ2) is 7.63. The molecule has 0 fully saturated rings. The average molecular weight is 359 g/mol. The van der Waals surface area contributed by atoms with Crippen LogP contribution in [-0.4, -0.2) is 33.3 Å². The number of nitrogens with zero attached hydrogens (tertiary/aromatic N) is 4. The first-order valence-electron chi connectivity index (χ1n) is 7.38. The summed E-state index contributed by atoms with van der Waals surface area (Å²) in [6, 6.07) is 13.8. The number of carbonyl (C=O) groups excluding carboxylic acids is 1. The summed E-state index contributed by atoms with van der Waals surface area (Å²) in [6.45, 7) is 0.149. The van der Waals surface area contributed by atoms with Gasteiger partial charge in [0, 0.05) is 5.02 Å². The van der Waals surface area contributed by atoms with E-state index in [1.165, 1.54) is 4.68 Å². The summed E-state index contributed by atoms with van der Waals surface area (Å²) < 4.78 is 6.72. The Hall–Kier alpha value is -3.13. The van der Waals surface area contributed by atoms with E-state index in [9.17, 15) is 4.79 Å². The molecule has 2 aromatic carbocycles. The first-order valence-corrected chi connectivity index (χ1v) is 7.76. The quantitative estimate of drug-likeness (QED) is 0.731. The minimum absolute atomic E-state index is 0.149. The van der Waals surface area contributed by atoms with E-state index in [0.717, 1.165) is 5.69 Å². The maximum atomic E-state index is 12.1. The highest BCUT2D eigenvalue weighted by atomic mass is 35.5. The number of hydrogen-bond donors (Lipinski definition) is 2. The SMILES string of the molecule is COc1ccccc1NC(=O)NCc1nnnn1-c1ccc(Cl)cc1. The predicted molar refractivity (Wildman–Crippen MR) is 93.0 cm³/mol. The smallest absolute Gasteiger partial charge is 0.319 e. The van der Waals surface area contributed by atoms with Gasteiger partial charge in [-0.05, 0) is 46.8 Å². The molecule has 2 amide bonds. The molecule has 0 saturated heterocycles. The monoisotopic (exact) mass is 358 g/mol. The number of urea groups is 1. The normalized spacial score (nSPS) is 10.3. The molecule has 128 valence electrons. The molecule has 0 atom stereocenters. The van der Waals surface area contributed by atoms with Gasteiger partial charge in [-0.15, -0.1) is 5.10 Å². The molecule has 1 aromatic heterocycles. The fourth-order valence-electron chi connectivity index (χ4n) is 2.17. The summed E-state index contributed by atoms with van der Waals surface area (Å²) >= 11 is 5.88. The van der Waals surface area contributed by atoms with Gasteiger partial charge in [-0.3, -0.25) is 0 Å². The van der Waals surface area contributed by atoms with Crippen LogP contribution in [0.5, 0.6) is 5.75 Å². The van der Waals surface area contributed by atoms with Crippen molar-refractivity contribution in [1.82, 2.24) is 25.5 Å². The van der Waals surface area contributed by atoms with E-state index in [2.05, 4.69) is 26.2 Å². The lowest BCUT2D eigenvalue weighted by atomic mass is 10.3. The molecule has 1 heterocycles. The van der Waals surface area contributed by atoms with Crippen LogP contribution in [0.25, 0.3) is 5.69 Å². The van der Waals surface area contributed by atoms with Crippen molar-refractivity contribution in [1.29, 1.82) is 0 Å². The zero-order valence-corrected chi connectivity index (χ0v) is 14.1.